The molecule has 5 aromatic rings. The van der Waals surface area contributed by atoms with E-state index in [1.165, 1.54) is 5.56 Å². The van der Waals surface area contributed by atoms with Crippen molar-refractivity contribution in [1.82, 2.24) is 24.5 Å². The first-order valence-corrected chi connectivity index (χ1v) is 10.1. The summed E-state index contributed by atoms with van der Waals surface area (Å²) in [5, 5.41) is 6.77. The lowest BCUT2D eigenvalue weighted by atomic mass is 10.1. The molecule has 5 rings (SSSR count). The van der Waals surface area contributed by atoms with Gasteiger partial charge in [0.1, 0.15) is 12.1 Å². The average Bonchev–Trinajstić information content (AvgIpc) is 3.24. The predicted molar refractivity (Wildman–Crippen MR) is 123 cm³/mol. The number of hydrogen-bond acceptors (Lipinski definition) is 6. The molecular weight excluding hydrogens is 386 g/mol. The summed E-state index contributed by atoms with van der Waals surface area (Å²) in [7, 11) is 0. The van der Waals surface area contributed by atoms with Gasteiger partial charge in [0.2, 0.25) is 5.95 Å². The van der Waals surface area contributed by atoms with Gasteiger partial charge in [-0.15, -0.1) is 0 Å². The van der Waals surface area contributed by atoms with Crippen LogP contribution in [-0.2, 0) is 0 Å². The molecule has 0 fully saturated rings. The van der Waals surface area contributed by atoms with Crippen molar-refractivity contribution in [3.05, 3.63) is 97.2 Å². The molecular formula is C24H21N7. The maximum absolute atomic E-state index is 4.72. The summed E-state index contributed by atoms with van der Waals surface area (Å²) in [5.74, 6) is 1.32. The van der Waals surface area contributed by atoms with Gasteiger partial charge in [-0.05, 0) is 48.9 Å². The molecule has 31 heavy (non-hydrogen) atoms. The molecule has 0 saturated heterocycles. The third-order valence-corrected chi connectivity index (χ3v) is 5.05. The molecule has 0 saturated carbocycles. The molecule has 2 aromatic carbocycles. The van der Waals surface area contributed by atoms with Gasteiger partial charge < -0.3 is 10.6 Å². The zero-order chi connectivity index (χ0) is 21.0. The molecule has 0 radical (unpaired) electrons. The van der Waals surface area contributed by atoms with E-state index in [9.17, 15) is 0 Å². The van der Waals surface area contributed by atoms with E-state index in [0.29, 0.717) is 5.95 Å². The van der Waals surface area contributed by atoms with Crippen molar-refractivity contribution in [2.75, 3.05) is 10.6 Å². The van der Waals surface area contributed by atoms with Gasteiger partial charge in [-0.2, -0.15) is 4.98 Å². The van der Waals surface area contributed by atoms with Crippen molar-refractivity contribution in [2.24, 2.45) is 0 Å². The van der Waals surface area contributed by atoms with E-state index in [2.05, 4.69) is 50.7 Å². The molecule has 0 amide bonds. The minimum Gasteiger partial charge on any atom is -0.355 e. The number of hydrogen-bond donors (Lipinski definition) is 2. The first-order valence-electron chi connectivity index (χ1n) is 10.1. The van der Waals surface area contributed by atoms with E-state index in [1.807, 2.05) is 53.1 Å². The van der Waals surface area contributed by atoms with Gasteiger partial charge in [0.05, 0.1) is 17.1 Å². The summed E-state index contributed by atoms with van der Waals surface area (Å²) >= 11 is 0. The Bertz CT molecular complexity index is 1300. The molecule has 1 atom stereocenters. The van der Waals surface area contributed by atoms with Gasteiger partial charge in [0.15, 0.2) is 0 Å². The Labute approximate surface area is 179 Å². The predicted octanol–water partition coefficient (Wildman–Crippen LogP) is 5.13. The highest BCUT2D eigenvalue weighted by Gasteiger charge is 2.10. The molecule has 3 aromatic heterocycles. The van der Waals surface area contributed by atoms with Gasteiger partial charge in [-0.1, -0.05) is 30.3 Å². The molecule has 1 unspecified atom stereocenters. The van der Waals surface area contributed by atoms with E-state index in [0.717, 1.165) is 28.2 Å². The topological polar surface area (TPSA) is 80.5 Å². The summed E-state index contributed by atoms with van der Waals surface area (Å²) in [6.07, 6.45) is 7.06. The monoisotopic (exact) mass is 407 g/mol. The first-order chi connectivity index (χ1) is 15.3. The standard InChI is InChI=1S/C24H21N7/c1-17(18-5-3-2-4-6-18)28-24-26-14-11-23(30-24)31-16-27-21-8-7-20(15-22(21)31)29-19-9-12-25-13-10-19/h2-17H,1H3,(H,25,29)(H,26,28,30). The number of pyridine rings is 1. The lowest BCUT2D eigenvalue weighted by Crippen LogP contribution is -2.10. The second-order valence-corrected chi connectivity index (χ2v) is 7.19. The van der Waals surface area contributed by atoms with Crippen LogP contribution in [0.4, 0.5) is 17.3 Å². The summed E-state index contributed by atoms with van der Waals surface area (Å²) < 4.78 is 1.97. The van der Waals surface area contributed by atoms with Gasteiger partial charge >= 0.3 is 0 Å². The van der Waals surface area contributed by atoms with E-state index >= 15 is 0 Å². The molecule has 2 N–H and O–H groups in total. The van der Waals surface area contributed by atoms with Crippen LogP contribution in [0.25, 0.3) is 16.9 Å². The van der Waals surface area contributed by atoms with Crippen LogP contribution in [0.1, 0.15) is 18.5 Å². The van der Waals surface area contributed by atoms with Crippen LogP contribution in [0, 0.1) is 0 Å². The number of anilines is 3. The molecule has 0 aliphatic carbocycles. The minimum absolute atomic E-state index is 0.0900. The van der Waals surface area contributed by atoms with E-state index < -0.39 is 0 Å². The highest BCUT2D eigenvalue weighted by molar-refractivity contribution is 5.82. The fourth-order valence-corrected chi connectivity index (χ4v) is 3.44. The normalized spacial score (nSPS) is 11.9. The number of nitrogens with one attached hydrogen (secondary N) is 2. The van der Waals surface area contributed by atoms with Crippen LogP contribution in [0.15, 0.2) is 91.6 Å². The Hall–Kier alpha value is -4.26. The Kier molecular flexibility index (Phi) is 4.98. The number of aromatic nitrogens is 5. The van der Waals surface area contributed by atoms with Crippen LogP contribution in [0.2, 0.25) is 0 Å². The van der Waals surface area contributed by atoms with Crippen LogP contribution in [0.3, 0.4) is 0 Å². The van der Waals surface area contributed by atoms with Gasteiger partial charge in [0, 0.05) is 30.0 Å². The second-order valence-electron chi connectivity index (χ2n) is 7.19. The van der Waals surface area contributed by atoms with Crippen LogP contribution in [0.5, 0.6) is 0 Å². The smallest absolute Gasteiger partial charge is 0.225 e. The molecule has 3 heterocycles. The number of benzene rings is 2. The van der Waals surface area contributed by atoms with Crippen LogP contribution < -0.4 is 10.6 Å². The highest BCUT2D eigenvalue weighted by Crippen LogP contribution is 2.24. The second kappa shape index (κ2) is 8.23. The molecule has 0 aliphatic rings. The van der Waals surface area contributed by atoms with E-state index in [4.69, 9.17) is 4.98 Å². The number of rotatable bonds is 6. The van der Waals surface area contributed by atoms with Crippen LogP contribution in [-0.4, -0.2) is 24.5 Å². The Morgan fingerprint density at radius 2 is 1.68 bits per heavy atom. The Balaban J connectivity index is 1.44. The zero-order valence-electron chi connectivity index (χ0n) is 17.0. The molecule has 7 heteroatoms. The fraction of sp³-hybridized carbons (Fsp3) is 0.0833. The van der Waals surface area contributed by atoms with E-state index in [-0.39, 0.29) is 6.04 Å². The third-order valence-electron chi connectivity index (χ3n) is 5.05. The highest BCUT2D eigenvalue weighted by atomic mass is 15.2. The van der Waals surface area contributed by atoms with Gasteiger partial charge in [0.25, 0.3) is 0 Å². The lowest BCUT2D eigenvalue weighted by molar-refractivity contribution is 0.854. The minimum atomic E-state index is 0.0900. The fourth-order valence-electron chi connectivity index (χ4n) is 3.44. The molecule has 7 nitrogen and oxygen atoms in total. The summed E-state index contributed by atoms with van der Waals surface area (Å²) in [6, 6.07) is 22.1. The van der Waals surface area contributed by atoms with Crippen molar-refractivity contribution >= 4 is 28.4 Å². The molecule has 0 aliphatic heterocycles. The molecule has 0 bridgehead atoms. The van der Waals surface area contributed by atoms with Gasteiger partial charge in [-0.3, -0.25) is 9.55 Å². The first kappa shape index (κ1) is 18.7. The van der Waals surface area contributed by atoms with Crippen molar-refractivity contribution in [3.63, 3.8) is 0 Å². The zero-order valence-corrected chi connectivity index (χ0v) is 17.0. The Morgan fingerprint density at radius 1 is 0.839 bits per heavy atom. The number of nitrogens with zero attached hydrogens (tertiary/aromatic N) is 5. The largest absolute Gasteiger partial charge is 0.355 e. The average molecular weight is 407 g/mol. The van der Waals surface area contributed by atoms with Gasteiger partial charge in [-0.25, -0.2) is 9.97 Å². The lowest BCUT2D eigenvalue weighted by Gasteiger charge is -2.14. The number of fused-ring (bicyclic) bond motifs is 1. The van der Waals surface area contributed by atoms with Crippen LogP contribution >= 0.6 is 0 Å². The molecule has 152 valence electrons. The van der Waals surface area contributed by atoms with E-state index in [1.54, 1.807) is 24.9 Å². The Morgan fingerprint density at radius 3 is 2.52 bits per heavy atom. The maximum atomic E-state index is 4.72. The van der Waals surface area contributed by atoms with Crippen molar-refractivity contribution in [3.8, 4) is 5.82 Å². The summed E-state index contributed by atoms with van der Waals surface area (Å²) in [5.41, 5.74) is 4.97. The number of imidazole rings is 1. The van der Waals surface area contributed by atoms with Crippen molar-refractivity contribution in [1.29, 1.82) is 0 Å². The van der Waals surface area contributed by atoms with Crippen molar-refractivity contribution in [2.45, 2.75) is 13.0 Å². The SMILES string of the molecule is CC(Nc1nccc(-n2cnc3ccc(Nc4ccncc4)cc32)n1)c1ccccc1. The quantitative estimate of drug-likeness (QED) is 0.406. The summed E-state index contributed by atoms with van der Waals surface area (Å²) in [4.78, 5) is 17.7. The maximum Gasteiger partial charge on any atom is 0.225 e. The van der Waals surface area contributed by atoms with Crippen molar-refractivity contribution < 1.29 is 0 Å². The molecule has 0 spiro atoms. The summed E-state index contributed by atoms with van der Waals surface area (Å²) in [6.45, 7) is 2.09. The third kappa shape index (κ3) is 4.06.